The van der Waals surface area contributed by atoms with E-state index >= 15 is 0 Å². The fraction of sp³-hybridized carbons (Fsp3) is 0.467. The Hall–Kier alpha value is -1.40. The highest BCUT2D eigenvalue weighted by molar-refractivity contribution is 9.10. The Labute approximate surface area is 133 Å². The van der Waals surface area contributed by atoms with Crippen LogP contribution in [-0.4, -0.2) is 16.2 Å². The van der Waals surface area contributed by atoms with Gasteiger partial charge in [0, 0.05) is 29.0 Å². The van der Waals surface area contributed by atoms with E-state index in [9.17, 15) is 0 Å². The number of aromatic nitrogens is 2. The van der Waals surface area contributed by atoms with Gasteiger partial charge in [-0.3, -0.25) is 0 Å². The van der Waals surface area contributed by atoms with E-state index in [1.165, 1.54) is 0 Å². The Balaban J connectivity index is 2.04. The largest absolute Gasteiger partial charge is 0.483 e. The molecule has 0 aliphatic rings. The predicted molar refractivity (Wildman–Crippen MR) is 84.1 cm³/mol. The van der Waals surface area contributed by atoms with Gasteiger partial charge >= 0.3 is 0 Å². The van der Waals surface area contributed by atoms with Crippen LogP contribution < -0.4 is 10.1 Å². The number of nitrogens with zero attached hydrogens (tertiary/aromatic N) is 2. The van der Waals surface area contributed by atoms with E-state index in [2.05, 4.69) is 51.3 Å². The molecule has 0 fully saturated rings. The first-order chi connectivity index (χ1) is 10.1. The van der Waals surface area contributed by atoms with E-state index in [0.29, 0.717) is 17.8 Å². The van der Waals surface area contributed by atoms with Crippen molar-refractivity contribution in [3.63, 3.8) is 0 Å². The first kappa shape index (κ1) is 16.0. The molecule has 5 nitrogen and oxygen atoms in total. The van der Waals surface area contributed by atoms with Crippen LogP contribution in [0.2, 0.25) is 0 Å². The molecule has 0 aliphatic carbocycles. The quantitative estimate of drug-likeness (QED) is 0.825. The second-order valence-electron chi connectivity index (χ2n) is 5.03. The molecular weight excluding hydrogens is 334 g/mol. The molecule has 6 heteroatoms. The topological polar surface area (TPSA) is 60.2 Å². The van der Waals surface area contributed by atoms with Crippen LogP contribution in [0.1, 0.15) is 38.0 Å². The second-order valence-corrected chi connectivity index (χ2v) is 5.95. The van der Waals surface area contributed by atoms with Crippen molar-refractivity contribution in [2.24, 2.45) is 0 Å². The summed E-state index contributed by atoms with van der Waals surface area (Å²) >= 11 is 3.49. The molecule has 0 bridgehead atoms. The van der Waals surface area contributed by atoms with E-state index in [1.54, 1.807) is 0 Å². The highest BCUT2D eigenvalue weighted by Crippen LogP contribution is 2.24. The van der Waals surface area contributed by atoms with Gasteiger partial charge in [-0.25, -0.2) is 0 Å². The molecule has 0 radical (unpaired) electrons. The minimum absolute atomic E-state index is 0.281. The molecule has 0 saturated carbocycles. The van der Waals surface area contributed by atoms with Gasteiger partial charge in [0.25, 0.3) is 5.89 Å². The Morgan fingerprint density at radius 1 is 1.38 bits per heavy atom. The normalized spacial score (nSPS) is 11.1. The third-order valence-electron chi connectivity index (χ3n) is 2.90. The maximum atomic E-state index is 5.81. The number of aryl methyl sites for hydroxylation is 1. The Morgan fingerprint density at radius 2 is 2.19 bits per heavy atom. The van der Waals surface area contributed by atoms with Crippen LogP contribution in [0.5, 0.6) is 5.75 Å². The molecule has 0 unspecified atom stereocenters. The van der Waals surface area contributed by atoms with Gasteiger partial charge in [0.15, 0.2) is 12.4 Å². The van der Waals surface area contributed by atoms with Crippen molar-refractivity contribution < 1.29 is 9.26 Å². The number of rotatable bonds is 7. The van der Waals surface area contributed by atoms with Crippen LogP contribution in [-0.2, 0) is 19.6 Å². The van der Waals surface area contributed by atoms with Gasteiger partial charge in [-0.1, -0.05) is 41.9 Å². The maximum absolute atomic E-state index is 5.81. The Morgan fingerprint density at radius 3 is 2.86 bits per heavy atom. The maximum Gasteiger partial charge on any atom is 0.264 e. The lowest BCUT2D eigenvalue weighted by Crippen LogP contribution is -2.22. The van der Waals surface area contributed by atoms with Crippen molar-refractivity contribution in [1.29, 1.82) is 0 Å². The second kappa shape index (κ2) is 7.56. The smallest absolute Gasteiger partial charge is 0.264 e. The van der Waals surface area contributed by atoms with Crippen molar-refractivity contribution in [1.82, 2.24) is 15.5 Å². The Kier molecular flexibility index (Phi) is 5.76. The summed E-state index contributed by atoms with van der Waals surface area (Å²) in [5, 5.41) is 7.25. The highest BCUT2D eigenvalue weighted by atomic mass is 79.9. The molecule has 0 saturated heterocycles. The zero-order chi connectivity index (χ0) is 15.2. The summed E-state index contributed by atoms with van der Waals surface area (Å²) in [7, 11) is 0. The minimum atomic E-state index is 0.281. The number of nitrogens with one attached hydrogen (secondary N) is 1. The van der Waals surface area contributed by atoms with Gasteiger partial charge in [0.05, 0.1) is 0 Å². The van der Waals surface area contributed by atoms with Crippen LogP contribution in [0.4, 0.5) is 0 Å². The molecule has 21 heavy (non-hydrogen) atoms. The van der Waals surface area contributed by atoms with Crippen LogP contribution >= 0.6 is 15.9 Å². The summed E-state index contributed by atoms with van der Waals surface area (Å²) in [6.07, 6.45) is 0.755. The third kappa shape index (κ3) is 4.82. The molecule has 1 aromatic carbocycles. The van der Waals surface area contributed by atoms with E-state index in [0.717, 1.165) is 28.8 Å². The molecule has 0 atom stereocenters. The summed E-state index contributed by atoms with van der Waals surface area (Å²) in [6, 6.07) is 6.37. The van der Waals surface area contributed by atoms with Crippen molar-refractivity contribution in [2.75, 3.05) is 0 Å². The van der Waals surface area contributed by atoms with Crippen molar-refractivity contribution in [3.05, 3.63) is 40.0 Å². The molecular formula is C15H20BrN3O2. The number of benzene rings is 1. The summed E-state index contributed by atoms with van der Waals surface area (Å²) in [6.45, 7) is 7.24. The first-order valence-electron chi connectivity index (χ1n) is 7.04. The zero-order valence-electron chi connectivity index (χ0n) is 12.5. The molecule has 0 aliphatic heterocycles. The average Bonchev–Trinajstić information content (AvgIpc) is 2.92. The summed E-state index contributed by atoms with van der Waals surface area (Å²) in [4.78, 5) is 4.24. The summed E-state index contributed by atoms with van der Waals surface area (Å²) < 4.78 is 12.0. The lowest BCUT2D eigenvalue weighted by molar-refractivity contribution is 0.240. The van der Waals surface area contributed by atoms with Gasteiger partial charge in [0.1, 0.15) is 5.75 Å². The predicted octanol–water partition coefficient (Wildman–Crippen LogP) is 3.47. The standard InChI is InChI=1S/C15H20BrN3O2/c1-4-14-18-15(21-19-14)9-20-13-6-5-12(16)7-11(13)8-17-10(2)3/h5-7,10,17H,4,8-9H2,1-3H3. The van der Waals surface area contributed by atoms with Gasteiger partial charge in [-0.05, 0) is 18.2 Å². The van der Waals surface area contributed by atoms with E-state index < -0.39 is 0 Å². The molecule has 114 valence electrons. The number of hydrogen-bond donors (Lipinski definition) is 1. The molecule has 1 N–H and O–H groups in total. The fourth-order valence-corrected chi connectivity index (χ4v) is 2.18. The van der Waals surface area contributed by atoms with Crippen molar-refractivity contribution in [3.8, 4) is 5.75 Å². The highest BCUT2D eigenvalue weighted by Gasteiger charge is 2.09. The van der Waals surface area contributed by atoms with Crippen LogP contribution in [0.25, 0.3) is 0 Å². The summed E-state index contributed by atoms with van der Waals surface area (Å²) in [5.41, 5.74) is 1.09. The lowest BCUT2D eigenvalue weighted by atomic mass is 10.2. The number of ether oxygens (including phenoxy) is 1. The zero-order valence-corrected chi connectivity index (χ0v) is 14.1. The molecule has 2 rings (SSSR count). The van der Waals surface area contributed by atoms with E-state index in [1.807, 2.05) is 19.1 Å². The van der Waals surface area contributed by atoms with Crippen molar-refractivity contribution >= 4 is 15.9 Å². The minimum Gasteiger partial charge on any atom is -0.483 e. The van der Waals surface area contributed by atoms with Gasteiger partial charge in [-0.2, -0.15) is 4.98 Å². The molecule has 2 aromatic rings. The number of hydrogen-bond acceptors (Lipinski definition) is 5. The van der Waals surface area contributed by atoms with Gasteiger partial charge < -0.3 is 14.6 Å². The average molecular weight is 354 g/mol. The summed E-state index contributed by atoms with van der Waals surface area (Å²) in [5.74, 6) is 2.02. The Bertz CT molecular complexity index is 584. The van der Waals surface area contributed by atoms with Gasteiger partial charge in [-0.15, -0.1) is 0 Å². The van der Waals surface area contributed by atoms with Crippen LogP contribution in [0.3, 0.4) is 0 Å². The number of halogens is 1. The monoisotopic (exact) mass is 353 g/mol. The molecule has 1 aromatic heterocycles. The SMILES string of the molecule is CCc1noc(COc2ccc(Br)cc2CNC(C)C)n1. The molecule has 1 heterocycles. The fourth-order valence-electron chi connectivity index (χ4n) is 1.77. The molecule has 0 spiro atoms. The molecule has 0 amide bonds. The lowest BCUT2D eigenvalue weighted by Gasteiger charge is -2.13. The van der Waals surface area contributed by atoms with Crippen LogP contribution in [0.15, 0.2) is 27.2 Å². The van der Waals surface area contributed by atoms with Gasteiger partial charge in [0.2, 0.25) is 0 Å². The van der Waals surface area contributed by atoms with Crippen molar-refractivity contribution in [2.45, 2.75) is 46.4 Å². The third-order valence-corrected chi connectivity index (χ3v) is 3.39. The first-order valence-corrected chi connectivity index (χ1v) is 7.84. The van der Waals surface area contributed by atoms with E-state index in [4.69, 9.17) is 9.26 Å². The van der Waals surface area contributed by atoms with Crippen LogP contribution in [0, 0.1) is 0 Å². The van der Waals surface area contributed by atoms with E-state index in [-0.39, 0.29) is 6.61 Å².